The Hall–Kier alpha value is -1.46. The molecule has 1 aromatic carbocycles. The molecule has 2 rings (SSSR count). The van der Waals surface area contributed by atoms with E-state index in [9.17, 15) is 9.18 Å². The number of hydrogen-bond acceptors (Lipinski definition) is 3. The Balaban J connectivity index is 1.77. The van der Waals surface area contributed by atoms with Crippen molar-refractivity contribution in [3.8, 4) is 0 Å². The van der Waals surface area contributed by atoms with Crippen LogP contribution in [-0.4, -0.2) is 43.0 Å². The molecule has 4 nitrogen and oxygen atoms in total. The minimum absolute atomic E-state index is 0.0167. The van der Waals surface area contributed by atoms with Crippen LogP contribution in [-0.2, 0) is 11.3 Å². The van der Waals surface area contributed by atoms with Gasteiger partial charge in [-0.3, -0.25) is 9.69 Å². The second-order valence-corrected chi connectivity index (χ2v) is 5.11. The third kappa shape index (κ3) is 4.28. The summed E-state index contributed by atoms with van der Waals surface area (Å²) in [4.78, 5) is 14.2. The predicted octanol–water partition coefficient (Wildman–Crippen LogP) is 1.13. The fraction of sp³-hybridized carbons (Fsp3) is 0.533. The highest BCUT2D eigenvalue weighted by Crippen LogP contribution is 2.07. The highest BCUT2D eigenvalue weighted by Gasteiger charge is 2.22. The van der Waals surface area contributed by atoms with E-state index >= 15 is 0 Å². The SMILES string of the molecule is CCN(CC(=O)NCc1ccc(F)cc1)C1CCNC1. The van der Waals surface area contributed by atoms with E-state index in [4.69, 9.17) is 0 Å². The molecule has 0 aliphatic carbocycles. The van der Waals surface area contributed by atoms with Gasteiger partial charge in [0.15, 0.2) is 0 Å². The molecule has 0 aromatic heterocycles. The Bertz CT molecular complexity index is 429. The monoisotopic (exact) mass is 279 g/mol. The highest BCUT2D eigenvalue weighted by molar-refractivity contribution is 5.78. The molecule has 110 valence electrons. The van der Waals surface area contributed by atoms with Crippen LogP contribution in [0.5, 0.6) is 0 Å². The lowest BCUT2D eigenvalue weighted by atomic mass is 10.2. The van der Waals surface area contributed by atoms with Gasteiger partial charge in [-0.05, 0) is 37.2 Å². The van der Waals surface area contributed by atoms with Crippen molar-refractivity contribution in [2.24, 2.45) is 0 Å². The Morgan fingerprint density at radius 3 is 2.80 bits per heavy atom. The van der Waals surface area contributed by atoms with Crippen molar-refractivity contribution < 1.29 is 9.18 Å². The molecule has 5 heteroatoms. The van der Waals surface area contributed by atoms with Crippen molar-refractivity contribution in [3.05, 3.63) is 35.6 Å². The van der Waals surface area contributed by atoms with Crippen LogP contribution in [0, 0.1) is 5.82 Å². The Kier molecular flexibility index (Phi) is 5.49. The summed E-state index contributed by atoms with van der Waals surface area (Å²) in [6.07, 6.45) is 1.10. The third-order valence-corrected chi connectivity index (χ3v) is 3.71. The summed E-state index contributed by atoms with van der Waals surface area (Å²) >= 11 is 0. The number of halogens is 1. The van der Waals surface area contributed by atoms with Gasteiger partial charge in [0.2, 0.25) is 5.91 Å². The Morgan fingerprint density at radius 2 is 2.20 bits per heavy atom. The molecule has 0 bridgehead atoms. The van der Waals surface area contributed by atoms with Crippen molar-refractivity contribution in [1.29, 1.82) is 0 Å². The van der Waals surface area contributed by atoms with Crippen LogP contribution >= 0.6 is 0 Å². The number of likely N-dealkylation sites (N-methyl/N-ethyl adjacent to an activating group) is 1. The molecule has 1 heterocycles. The molecule has 1 aliphatic heterocycles. The number of benzene rings is 1. The largest absolute Gasteiger partial charge is 0.351 e. The van der Waals surface area contributed by atoms with Crippen LogP contribution in [0.4, 0.5) is 4.39 Å². The first-order valence-corrected chi connectivity index (χ1v) is 7.15. The normalized spacial score (nSPS) is 18.4. The molecule has 1 atom stereocenters. The topological polar surface area (TPSA) is 44.4 Å². The first-order valence-electron chi connectivity index (χ1n) is 7.15. The molecule has 1 unspecified atom stereocenters. The average Bonchev–Trinajstić information content (AvgIpc) is 2.98. The summed E-state index contributed by atoms with van der Waals surface area (Å²) in [7, 11) is 0. The molecule has 1 fully saturated rings. The fourth-order valence-electron chi connectivity index (χ4n) is 2.49. The van der Waals surface area contributed by atoms with Crippen LogP contribution < -0.4 is 10.6 Å². The standard InChI is InChI=1S/C15H22FN3O/c1-2-19(14-7-8-17-10-14)11-15(20)18-9-12-3-5-13(16)6-4-12/h3-6,14,17H,2,7-11H2,1H3,(H,18,20). The maximum absolute atomic E-state index is 12.8. The minimum Gasteiger partial charge on any atom is -0.351 e. The van der Waals surface area contributed by atoms with E-state index in [-0.39, 0.29) is 11.7 Å². The third-order valence-electron chi connectivity index (χ3n) is 3.71. The number of amides is 1. The summed E-state index contributed by atoms with van der Waals surface area (Å²) in [6.45, 7) is 5.79. The number of carbonyl (C=O) groups is 1. The second-order valence-electron chi connectivity index (χ2n) is 5.11. The molecule has 1 aromatic rings. The zero-order chi connectivity index (χ0) is 14.4. The quantitative estimate of drug-likeness (QED) is 0.820. The number of hydrogen-bond donors (Lipinski definition) is 2. The summed E-state index contributed by atoms with van der Waals surface area (Å²) in [6, 6.07) is 6.65. The molecular formula is C15H22FN3O. The molecule has 0 saturated carbocycles. The first-order chi connectivity index (χ1) is 9.69. The van der Waals surface area contributed by atoms with Gasteiger partial charge in [0.05, 0.1) is 6.54 Å². The van der Waals surface area contributed by atoms with E-state index in [1.165, 1.54) is 12.1 Å². The van der Waals surface area contributed by atoms with Gasteiger partial charge in [0.25, 0.3) is 0 Å². The summed E-state index contributed by atoms with van der Waals surface area (Å²) in [5.74, 6) is -0.242. The fourth-order valence-corrected chi connectivity index (χ4v) is 2.49. The van der Waals surface area contributed by atoms with Gasteiger partial charge in [-0.1, -0.05) is 19.1 Å². The molecular weight excluding hydrogens is 257 g/mol. The molecule has 2 N–H and O–H groups in total. The van der Waals surface area contributed by atoms with Gasteiger partial charge in [-0.2, -0.15) is 0 Å². The van der Waals surface area contributed by atoms with Crippen LogP contribution in [0.2, 0.25) is 0 Å². The highest BCUT2D eigenvalue weighted by atomic mass is 19.1. The molecule has 0 radical (unpaired) electrons. The number of nitrogens with zero attached hydrogens (tertiary/aromatic N) is 1. The van der Waals surface area contributed by atoms with Crippen molar-refractivity contribution in [1.82, 2.24) is 15.5 Å². The minimum atomic E-state index is -0.258. The molecule has 0 spiro atoms. The van der Waals surface area contributed by atoms with Gasteiger partial charge < -0.3 is 10.6 Å². The van der Waals surface area contributed by atoms with Gasteiger partial charge in [-0.15, -0.1) is 0 Å². The van der Waals surface area contributed by atoms with E-state index in [0.29, 0.717) is 19.1 Å². The summed E-state index contributed by atoms with van der Waals surface area (Å²) in [5, 5.41) is 6.20. The Labute approximate surface area is 119 Å². The summed E-state index contributed by atoms with van der Waals surface area (Å²) in [5.41, 5.74) is 0.908. The second kappa shape index (κ2) is 7.36. The van der Waals surface area contributed by atoms with Gasteiger partial charge in [0.1, 0.15) is 5.82 Å². The van der Waals surface area contributed by atoms with Crippen LogP contribution in [0.15, 0.2) is 24.3 Å². The van der Waals surface area contributed by atoms with E-state index in [1.54, 1.807) is 12.1 Å². The van der Waals surface area contributed by atoms with E-state index < -0.39 is 0 Å². The van der Waals surface area contributed by atoms with Gasteiger partial charge >= 0.3 is 0 Å². The predicted molar refractivity (Wildman–Crippen MR) is 76.8 cm³/mol. The van der Waals surface area contributed by atoms with Crippen LogP contribution in [0.3, 0.4) is 0 Å². The maximum Gasteiger partial charge on any atom is 0.234 e. The van der Waals surface area contributed by atoms with Crippen LogP contribution in [0.1, 0.15) is 18.9 Å². The molecule has 1 saturated heterocycles. The lowest BCUT2D eigenvalue weighted by Gasteiger charge is -2.26. The molecule has 20 heavy (non-hydrogen) atoms. The van der Waals surface area contributed by atoms with E-state index in [2.05, 4.69) is 22.5 Å². The van der Waals surface area contributed by atoms with E-state index in [1.807, 2.05) is 0 Å². The van der Waals surface area contributed by atoms with Crippen molar-refractivity contribution in [2.45, 2.75) is 25.9 Å². The zero-order valence-electron chi connectivity index (χ0n) is 11.9. The van der Waals surface area contributed by atoms with Gasteiger partial charge in [-0.25, -0.2) is 4.39 Å². The lowest BCUT2D eigenvalue weighted by Crippen LogP contribution is -2.43. The van der Waals surface area contributed by atoms with Crippen molar-refractivity contribution in [3.63, 3.8) is 0 Å². The van der Waals surface area contributed by atoms with E-state index in [0.717, 1.165) is 31.6 Å². The van der Waals surface area contributed by atoms with Crippen LogP contribution in [0.25, 0.3) is 0 Å². The average molecular weight is 279 g/mol. The molecule has 1 aliphatic rings. The lowest BCUT2D eigenvalue weighted by molar-refractivity contribution is -0.122. The number of carbonyl (C=O) groups excluding carboxylic acids is 1. The van der Waals surface area contributed by atoms with Crippen molar-refractivity contribution >= 4 is 5.91 Å². The number of rotatable bonds is 6. The molecule has 1 amide bonds. The smallest absolute Gasteiger partial charge is 0.234 e. The van der Waals surface area contributed by atoms with Gasteiger partial charge in [0, 0.05) is 19.1 Å². The number of nitrogens with one attached hydrogen (secondary N) is 2. The first kappa shape index (κ1) is 14.9. The maximum atomic E-state index is 12.8. The summed E-state index contributed by atoms with van der Waals surface area (Å²) < 4.78 is 12.8. The zero-order valence-corrected chi connectivity index (χ0v) is 11.9. The van der Waals surface area contributed by atoms with Crippen molar-refractivity contribution in [2.75, 3.05) is 26.2 Å². The Morgan fingerprint density at radius 1 is 1.45 bits per heavy atom.